The molecule has 2 fully saturated rings. The monoisotopic (exact) mass is 371 g/mol. The zero-order valence-corrected chi connectivity index (χ0v) is 17.0. The summed E-state index contributed by atoms with van der Waals surface area (Å²) in [5.74, 6) is 0.238. The molecule has 3 rings (SSSR count). The van der Waals surface area contributed by atoms with Gasteiger partial charge in [0.05, 0.1) is 11.4 Å². The maximum absolute atomic E-state index is 12.8. The number of para-hydroxylation sites is 2. The average molecular weight is 372 g/mol. The van der Waals surface area contributed by atoms with Crippen molar-refractivity contribution in [3.8, 4) is 0 Å². The van der Waals surface area contributed by atoms with Gasteiger partial charge in [0.1, 0.15) is 0 Å². The SMILES string of the molecule is CC(C)(C)C(=O)N1CCC(C(=O)Nc2ccccc2N2CCCCC2)CC1. The Bertz CT molecular complexity index is 666. The summed E-state index contributed by atoms with van der Waals surface area (Å²) in [5.41, 5.74) is 1.69. The standard InChI is InChI=1S/C22H33N3O2/c1-22(2,3)21(27)25-15-11-17(12-16-25)20(26)23-18-9-5-6-10-19(18)24-13-7-4-8-14-24/h5-6,9-10,17H,4,7-8,11-16H2,1-3H3,(H,23,26). The smallest absolute Gasteiger partial charge is 0.227 e. The molecule has 1 N–H and O–H groups in total. The minimum Gasteiger partial charge on any atom is -0.370 e. The molecule has 148 valence electrons. The number of hydrogen-bond acceptors (Lipinski definition) is 3. The Balaban J connectivity index is 1.60. The van der Waals surface area contributed by atoms with Crippen LogP contribution in [0.4, 0.5) is 11.4 Å². The number of benzene rings is 1. The molecular weight excluding hydrogens is 338 g/mol. The number of carbonyl (C=O) groups is 2. The van der Waals surface area contributed by atoms with Crippen LogP contribution >= 0.6 is 0 Å². The Labute approximate surface area is 163 Å². The van der Waals surface area contributed by atoms with Gasteiger partial charge in [-0.05, 0) is 44.2 Å². The molecule has 0 aromatic heterocycles. The number of nitrogens with one attached hydrogen (secondary N) is 1. The van der Waals surface area contributed by atoms with Gasteiger partial charge in [0.15, 0.2) is 0 Å². The van der Waals surface area contributed by atoms with E-state index in [2.05, 4.69) is 16.3 Å². The number of piperidine rings is 2. The highest BCUT2D eigenvalue weighted by atomic mass is 16.2. The number of rotatable bonds is 3. The van der Waals surface area contributed by atoms with Crippen LogP contribution < -0.4 is 10.2 Å². The lowest BCUT2D eigenvalue weighted by Crippen LogP contribution is -2.45. The Hall–Kier alpha value is -2.04. The molecule has 27 heavy (non-hydrogen) atoms. The maximum Gasteiger partial charge on any atom is 0.227 e. The molecule has 1 aromatic carbocycles. The fourth-order valence-electron chi connectivity index (χ4n) is 4.04. The molecule has 0 bridgehead atoms. The van der Waals surface area contributed by atoms with Crippen LogP contribution in [0.5, 0.6) is 0 Å². The Kier molecular flexibility index (Phi) is 6.08. The van der Waals surface area contributed by atoms with E-state index in [1.54, 1.807) is 0 Å². The Morgan fingerprint density at radius 1 is 0.963 bits per heavy atom. The molecule has 2 aliphatic rings. The number of nitrogens with zero attached hydrogens (tertiary/aromatic N) is 2. The molecule has 2 saturated heterocycles. The normalized spacial score (nSPS) is 19.1. The third kappa shape index (κ3) is 4.82. The predicted molar refractivity (Wildman–Crippen MR) is 110 cm³/mol. The molecule has 0 unspecified atom stereocenters. The first kappa shape index (κ1) is 19.7. The Morgan fingerprint density at radius 3 is 2.22 bits per heavy atom. The van der Waals surface area contributed by atoms with Gasteiger partial charge in [-0.15, -0.1) is 0 Å². The van der Waals surface area contributed by atoms with Crippen LogP contribution in [0.25, 0.3) is 0 Å². The fraction of sp³-hybridized carbons (Fsp3) is 0.636. The second kappa shape index (κ2) is 8.32. The van der Waals surface area contributed by atoms with Crippen LogP contribution in [0.2, 0.25) is 0 Å². The number of hydrogen-bond donors (Lipinski definition) is 1. The highest BCUT2D eigenvalue weighted by molar-refractivity contribution is 5.96. The molecule has 0 spiro atoms. The molecule has 0 aliphatic carbocycles. The summed E-state index contributed by atoms with van der Waals surface area (Å²) in [7, 11) is 0. The lowest BCUT2D eigenvalue weighted by atomic mass is 9.90. The van der Waals surface area contributed by atoms with Crippen molar-refractivity contribution in [3.05, 3.63) is 24.3 Å². The fourth-order valence-corrected chi connectivity index (χ4v) is 4.04. The van der Waals surface area contributed by atoms with Crippen LogP contribution in [0.1, 0.15) is 52.9 Å². The molecule has 1 aromatic rings. The summed E-state index contributed by atoms with van der Waals surface area (Å²) in [6.45, 7) is 9.30. The van der Waals surface area contributed by atoms with E-state index in [9.17, 15) is 9.59 Å². The third-order valence-corrected chi connectivity index (χ3v) is 5.65. The predicted octanol–water partition coefficient (Wildman–Crippen LogP) is 3.90. The van der Waals surface area contributed by atoms with Gasteiger partial charge in [0, 0.05) is 37.5 Å². The second-order valence-corrected chi connectivity index (χ2v) is 8.87. The van der Waals surface area contributed by atoms with Gasteiger partial charge in [0.2, 0.25) is 11.8 Å². The minimum atomic E-state index is -0.359. The molecule has 2 aliphatic heterocycles. The molecule has 5 nitrogen and oxygen atoms in total. The lowest BCUT2D eigenvalue weighted by molar-refractivity contribution is -0.142. The number of likely N-dealkylation sites (tertiary alicyclic amines) is 1. The highest BCUT2D eigenvalue weighted by Crippen LogP contribution is 2.30. The molecule has 0 atom stereocenters. The first-order valence-corrected chi connectivity index (χ1v) is 10.3. The van der Waals surface area contributed by atoms with Crippen LogP contribution in [-0.4, -0.2) is 42.9 Å². The first-order valence-electron chi connectivity index (χ1n) is 10.3. The van der Waals surface area contributed by atoms with E-state index in [-0.39, 0.29) is 23.1 Å². The van der Waals surface area contributed by atoms with Gasteiger partial charge < -0.3 is 15.1 Å². The number of carbonyl (C=O) groups excluding carboxylic acids is 2. The maximum atomic E-state index is 12.8. The van der Waals surface area contributed by atoms with Gasteiger partial charge in [-0.3, -0.25) is 9.59 Å². The quantitative estimate of drug-likeness (QED) is 0.877. The highest BCUT2D eigenvalue weighted by Gasteiger charge is 2.32. The van der Waals surface area contributed by atoms with Crippen LogP contribution in [-0.2, 0) is 9.59 Å². The second-order valence-electron chi connectivity index (χ2n) is 8.87. The summed E-state index contributed by atoms with van der Waals surface area (Å²) in [4.78, 5) is 29.6. The third-order valence-electron chi connectivity index (χ3n) is 5.65. The molecule has 2 heterocycles. The van der Waals surface area contributed by atoms with Gasteiger partial charge >= 0.3 is 0 Å². The molecule has 2 amide bonds. The number of anilines is 2. The largest absolute Gasteiger partial charge is 0.370 e. The van der Waals surface area contributed by atoms with Crippen molar-refractivity contribution in [2.45, 2.75) is 52.9 Å². The molecule has 0 saturated carbocycles. The van der Waals surface area contributed by atoms with Crippen LogP contribution in [0, 0.1) is 11.3 Å². The van der Waals surface area contributed by atoms with Crippen molar-refractivity contribution in [1.29, 1.82) is 0 Å². The summed E-state index contributed by atoms with van der Waals surface area (Å²) < 4.78 is 0. The summed E-state index contributed by atoms with van der Waals surface area (Å²) >= 11 is 0. The Morgan fingerprint density at radius 2 is 1.59 bits per heavy atom. The number of amides is 2. The zero-order chi connectivity index (χ0) is 19.4. The van der Waals surface area contributed by atoms with Crippen LogP contribution in [0.3, 0.4) is 0 Å². The van der Waals surface area contributed by atoms with Crippen molar-refractivity contribution in [2.75, 3.05) is 36.4 Å². The van der Waals surface area contributed by atoms with E-state index in [1.165, 1.54) is 19.3 Å². The van der Waals surface area contributed by atoms with Crippen molar-refractivity contribution >= 4 is 23.2 Å². The van der Waals surface area contributed by atoms with E-state index in [4.69, 9.17) is 0 Å². The molecule has 0 radical (unpaired) electrons. The van der Waals surface area contributed by atoms with Crippen molar-refractivity contribution in [1.82, 2.24) is 4.90 Å². The molecule has 5 heteroatoms. The summed E-state index contributed by atoms with van der Waals surface area (Å²) in [6.07, 6.45) is 5.18. The van der Waals surface area contributed by atoms with Crippen molar-refractivity contribution in [3.63, 3.8) is 0 Å². The average Bonchev–Trinajstić information content (AvgIpc) is 2.68. The van der Waals surface area contributed by atoms with E-state index in [0.29, 0.717) is 13.1 Å². The van der Waals surface area contributed by atoms with Gasteiger partial charge in [0.25, 0.3) is 0 Å². The molecular formula is C22H33N3O2. The summed E-state index contributed by atoms with van der Waals surface area (Å²) in [6, 6.07) is 8.12. The first-order chi connectivity index (χ1) is 12.9. The van der Waals surface area contributed by atoms with Gasteiger partial charge in [-0.1, -0.05) is 32.9 Å². The van der Waals surface area contributed by atoms with E-state index >= 15 is 0 Å². The zero-order valence-electron chi connectivity index (χ0n) is 17.0. The van der Waals surface area contributed by atoms with E-state index in [0.717, 1.165) is 37.3 Å². The van der Waals surface area contributed by atoms with Gasteiger partial charge in [-0.25, -0.2) is 0 Å². The van der Waals surface area contributed by atoms with E-state index < -0.39 is 0 Å². The topological polar surface area (TPSA) is 52.7 Å². The minimum absolute atomic E-state index is 0.0246. The van der Waals surface area contributed by atoms with Crippen LogP contribution in [0.15, 0.2) is 24.3 Å². The van der Waals surface area contributed by atoms with E-state index in [1.807, 2.05) is 43.9 Å². The van der Waals surface area contributed by atoms with Crippen molar-refractivity contribution < 1.29 is 9.59 Å². The van der Waals surface area contributed by atoms with Gasteiger partial charge in [-0.2, -0.15) is 0 Å². The summed E-state index contributed by atoms with van der Waals surface area (Å²) in [5, 5.41) is 3.17. The lowest BCUT2D eigenvalue weighted by Gasteiger charge is -2.35. The van der Waals surface area contributed by atoms with Crippen molar-refractivity contribution in [2.24, 2.45) is 11.3 Å².